The van der Waals surface area contributed by atoms with Gasteiger partial charge in [-0.2, -0.15) is 5.10 Å². The Morgan fingerprint density at radius 1 is 1.28 bits per heavy atom. The fourth-order valence-corrected chi connectivity index (χ4v) is 3.22. The molecule has 2 aromatic heterocycles. The Morgan fingerprint density at radius 2 is 2.12 bits per heavy atom. The zero-order valence-corrected chi connectivity index (χ0v) is 15.0. The molecule has 1 amide bonds. The van der Waals surface area contributed by atoms with Crippen LogP contribution in [0.1, 0.15) is 6.92 Å². The Hall–Kier alpha value is -2.51. The second kappa shape index (κ2) is 7.58. The van der Waals surface area contributed by atoms with Crippen molar-refractivity contribution in [1.82, 2.24) is 20.1 Å². The number of carbonyl (C=O) groups is 1. The summed E-state index contributed by atoms with van der Waals surface area (Å²) in [7, 11) is 0. The maximum absolute atomic E-state index is 11.9. The zero-order chi connectivity index (χ0) is 17.8. The average molecular weight is 375 g/mol. The van der Waals surface area contributed by atoms with Gasteiger partial charge in [0.2, 0.25) is 5.91 Å². The highest BCUT2D eigenvalue weighted by Crippen LogP contribution is 2.28. The summed E-state index contributed by atoms with van der Waals surface area (Å²) in [4.78, 5) is 28.2. The van der Waals surface area contributed by atoms with Gasteiger partial charge in [0, 0.05) is 28.6 Å². The number of nitrogens with zero attached hydrogens (tertiary/aromatic N) is 3. The van der Waals surface area contributed by atoms with Crippen molar-refractivity contribution in [1.29, 1.82) is 0 Å². The van der Waals surface area contributed by atoms with Gasteiger partial charge in [0.1, 0.15) is 17.2 Å². The van der Waals surface area contributed by atoms with Gasteiger partial charge in [0.15, 0.2) is 0 Å². The lowest BCUT2D eigenvalue weighted by molar-refractivity contribution is -0.121. The lowest BCUT2D eigenvalue weighted by atomic mass is 10.2. The van der Waals surface area contributed by atoms with Crippen molar-refractivity contribution >= 4 is 28.8 Å². The Kier molecular flexibility index (Phi) is 5.25. The van der Waals surface area contributed by atoms with Crippen LogP contribution in [0.4, 0.5) is 0 Å². The van der Waals surface area contributed by atoms with Gasteiger partial charge < -0.3 is 5.32 Å². The van der Waals surface area contributed by atoms with E-state index in [0.29, 0.717) is 22.3 Å². The third-order valence-corrected chi connectivity index (χ3v) is 4.48. The fraction of sp³-hybridized carbons (Fsp3) is 0.176. The van der Waals surface area contributed by atoms with Crippen LogP contribution in [0.15, 0.2) is 46.6 Å². The molecule has 0 aliphatic rings. The van der Waals surface area contributed by atoms with Crippen LogP contribution in [0, 0.1) is 0 Å². The van der Waals surface area contributed by atoms with Crippen LogP contribution in [-0.2, 0) is 11.3 Å². The van der Waals surface area contributed by atoms with Gasteiger partial charge >= 0.3 is 0 Å². The number of thiazole rings is 1. The molecule has 1 aromatic carbocycles. The molecule has 25 heavy (non-hydrogen) atoms. The first-order chi connectivity index (χ1) is 12.1. The highest BCUT2D eigenvalue weighted by molar-refractivity contribution is 7.13. The molecular formula is C17H15ClN4O2S. The molecule has 0 fully saturated rings. The third kappa shape index (κ3) is 4.12. The van der Waals surface area contributed by atoms with E-state index < -0.39 is 0 Å². The molecule has 1 N–H and O–H groups in total. The molecule has 2 heterocycles. The van der Waals surface area contributed by atoms with Gasteiger partial charge in [-0.1, -0.05) is 23.7 Å². The molecule has 128 valence electrons. The second-order valence-electron chi connectivity index (χ2n) is 5.22. The molecule has 0 unspecified atom stereocenters. The average Bonchev–Trinajstić information content (AvgIpc) is 3.07. The van der Waals surface area contributed by atoms with E-state index in [0.717, 1.165) is 15.9 Å². The molecule has 0 aliphatic heterocycles. The number of aromatic nitrogens is 3. The molecule has 0 spiro atoms. The van der Waals surface area contributed by atoms with Crippen LogP contribution in [0.2, 0.25) is 5.02 Å². The van der Waals surface area contributed by atoms with Crippen LogP contribution < -0.4 is 10.9 Å². The highest BCUT2D eigenvalue weighted by atomic mass is 35.5. The standard InChI is InChI=1S/C17H15ClN4O2S/c1-2-19-15(23)9-22-16(24)7-6-13(21-22)17-20-14(10-25-17)11-4-3-5-12(18)8-11/h3-8,10H,2,9H2,1H3,(H,19,23). The number of carbonyl (C=O) groups excluding carboxylic acids is 1. The lowest BCUT2D eigenvalue weighted by Crippen LogP contribution is -2.33. The number of hydrogen-bond acceptors (Lipinski definition) is 5. The molecule has 0 aliphatic carbocycles. The number of likely N-dealkylation sites (N-methyl/N-ethyl adjacent to an activating group) is 1. The second-order valence-corrected chi connectivity index (χ2v) is 6.51. The molecule has 0 radical (unpaired) electrons. The van der Waals surface area contributed by atoms with E-state index in [4.69, 9.17) is 11.6 Å². The summed E-state index contributed by atoms with van der Waals surface area (Å²) in [5, 5.41) is 10.1. The van der Waals surface area contributed by atoms with Gasteiger partial charge in [-0.05, 0) is 25.1 Å². The molecule has 0 saturated heterocycles. The van der Waals surface area contributed by atoms with Crippen LogP contribution in [0.25, 0.3) is 22.0 Å². The van der Waals surface area contributed by atoms with E-state index in [1.807, 2.05) is 30.5 Å². The van der Waals surface area contributed by atoms with Gasteiger partial charge in [0.25, 0.3) is 5.56 Å². The molecule has 6 nitrogen and oxygen atoms in total. The quantitative estimate of drug-likeness (QED) is 0.745. The monoisotopic (exact) mass is 374 g/mol. The van der Waals surface area contributed by atoms with Crippen LogP contribution in [0.5, 0.6) is 0 Å². The van der Waals surface area contributed by atoms with Crippen molar-refractivity contribution < 1.29 is 4.79 Å². The van der Waals surface area contributed by atoms with Gasteiger partial charge in [-0.25, -0.2) is 9.67 Å². The van der Waals surface area contributed by atoms with Crippen molar-refractivity contribution in [2.24, 2.45) is 0 Å². The zero-order valence-electron chi connectivity index (χ0n) is 13.4. The molecular weight excluding hydrogens is 360 g/mol. The van der Waals surface area contributed by atoms with Gasteiger partial charge in [0.05, 0.1) is 5.69 Å². The smallest absolute Gasteiger partial charge is 0.267 e. The maximum Gasteiger partial charge on any atom is 0.267 e. The summed E-state index contributed by atoms with van der Waals surface area (Å²) in [6, 6.07) is 10.4. The van der Waals surface area contributed by atoms with Crippen LogP contribution in [0.3, 0.4) is 0 Å². The Bertz CT molecular complexity index is 967. The number of benzene rings is 1. The summed E-state index contributed by atoms with van der Waals surface area (Å²) >= 11 is 7.43. The summed E-state index contributed by atoms with van der Waals surface area (Å²) in [5.41, 5.74) is 1.90. The van der Waals surface area contributed by atoms with E-state index in [1.54, 1.807) is 12.1 Å². The van der Waals surface area contributed by atoms with E-state index in [1.165, 1.54) is 17.4 Å². The Morgan fingerprint density at radius 3 is 2.88 bits per heavy atom. The predicted molar refractivity (Wildman–Crippen MR) is 98.7 cm³/mol. The first-order valence-corrected chi connectivity index (χ1v) is 8.89. The third-order valence-electron chi connectivity index (χ3n) is 3.38. The first-order valence-electron chi connectivity index (χ1n) is 7.63. The minimum atomic E-state index is -0.332. The number of hydrogen-bond donors (Lipinski definition) is 1. The van der Waals surface area contributed by atoms with E-state index in [2.05, 4.69) is 15.4 Å². The molecule has 0 saturated carbocycles. The first kappa shape index (κ1) is 17.3. The van der Waals surface area contributed by atoms with Crippen molar-refractivity contribution in [2.45, 2.75) is 13.5 Å². The Labute approximate surface area is 153 Å². The topological polar surface area (TPSA) is 76.9 Å². The Balaban J connectivity index is 1.90. The molecule has 8 heteroatoms. The minimum absolute atomic E-state index is 0.118. The van der Waals surface area contributed by atoms with Crippen molar-refractivity contribution in [3.05, 3.63) is 57.2 Å². The number of rotatable bonds is 5. The SMILES string of the molecule is CCNC(=O)Cn1nc(-c2nc(-c3cccc(Cl)c3)cs2)ccc1=O. The predicted octanol–water partition coefficient (Wildman–Crippen LogP) is 2.82. The fourth-order valence-electron chi connectivity index (χ4n) is 2.24. The van der Waals surface area contributed by atoms with Crippen molar-refractivity contribution in [2.75, 3.05) is 6.54 Å². The molecule has 0 atom stereocenters. The largest absolute Gasteiger partial charge is 0.355 e. The summed E-state index contributed by atoms with van der Waals surface area (Å²) in [5.74, 6) is -0.256. The van der Waals surface area contributed by atoms with Gasteiger partial charge in [-0.15, -0.1) is 11.3 Å². The molecule has 0 bridgehead atoms. The number of amides is 1. The summed E-state index contributed by atoms with van der Waals surface area (Å²) in [6.45, 7) is 2.20. The van der Waals surface area contributed by atoms with Crippen molar-refractivity contribution in [3.63, 3.8) is 0 Å². The number of halogens is 1. The van der Waals surface area contributed by atoms with Crippen LogP contribution >= 0.6 is 22.9 Å². The van der Waals surface area contributed by atoms with Crippen molar-refractivity contribution in [3.8, 4) is 22.0 Å². The maximum atomic E-state index is 11.9. The minimum Gasteiger partial charge on any atom is -0.355 e. The number of nitrogens with one attached hydrogen (secondary N) is 1. The normalized spacial score (nSPS) is 10.6. The molecule has 3 rings (SSSR count). The lowest BCUT2D eigenvalue weighted by Gasteiger charge is -2.05. The van der Waals surface area contributed by atoms with Gasteiger partial charge in [-0.3, -0.25) is 9.59 Å². The van der Waals surface area contributed by atoms with Crippen LogP contribution in [-0.4, -0.2) is 27.2 Å². The van der Waals surface area contributed by atoms with E-state index >= 15 is 0 Å². The summed E-state index contributed by atoms with van der Waals surface area (Å²) < 4.78 is 1.14. The highest BCUT2D eigenvalue weighted by Gasteiger charge is 2.11. The van der Waals surface area contributed by atoms with E-state index in [9.17, 15) is 9.59 Å². The van der Waals surface area contributed by atoms with E-state index in [-0.39, 0.29) is 18.0 Å². The molecule has 3 aromatic rings. The summed E-state index contributed by atoms with van der Waals surface area (Å²) in [6.07, 6.45) is 0.